The van der Waals surface area contributed by atoms with Crippen LogP contribution in [0.15, 0.2) is 18.2 Å². The van der Waals surface area contributed by atoms with Crippen LogP contribution in [-0.4, -0.2) is 20.2 Å². The Hall–Kier alpha value is -1.39. The summed E-state index contributed by atoms with van der Waals surface area (Å²) >= 11 is 0. The molecule has 0 bridgehead atoms. The lowest BCUT2D eigenvalue weighted by atomic mass is 10.1. The SMILES string of the molecule is COCOc1cccc2c1C(C=O)OC2. The van der Waals surface area contributed by atoms with Gasteiger partial charge in [-0.3, -0.25) is 0 Å². The van der Waals surface area contributed by atoms with E-state index in [-0.39, 0.29) is 6.79 Å². The van der Waals surface area contributed by atoms with E-state index >= 15 is 0 Å². The van der Waals surface area contributed by atoms with Crippen LogP contribution in [0.2, 0.25) is 0 Å². The molecule has 1 atom stereocenters. The molecule has 4 nitrogen and oxygen atoms in total. The standard InChI is InChI=1S/C11H12O4/c1-13-7-15-9-4-2-3-8-6-14-10(5-12)11(8)9/h2-5,10H,6-7H2,1H3. The number of rotatable bonds is 4. The van der Waals surface area contributed by atoms with E-state index in [1.807, 2.05) is 18.2 Å². The number of fused-ring (bicyclic) bond motifs is 1. The van der Waals surface area contributed by atoms with Crippen LogP contribution in [0.25, 0.3) is 0 Å². The molecule has 4 heteroatoms. The number of hydrogen-bond donors (Lipinski definition) is 0. The lowest BCUT2D eigenvalue weighted by molar-refractivity contribution is -0.117. The smallest absolute Gasteiger partial charge is 0.188 e. The van der Waals surface area contributed by atoms with Gasteiger partial charge in [0.1, 0.15) is 11.9 Å². The summed E-state index contributed by atoms with van der Waals surface area (Å²) in [7, 11) is 1.55. The van der Waals surface area contributed by atoms with Gasteiger partial charge in [-0.2, -0.15) is 0 Å². The number of benzene rings is 1. The maximum atomic E-state index is 10.8. The van der Waals surface area contributed by atoms with E-state index in [9.17, 15) is 4.79 Å². The van der Waals surface area contributed by atoms with E-state index < -0.39 is 6.10 Å². The van der Waals surface area contributed by atoms with Crippen molar-refractivity contribution >= 4 is 6.29 Å². The second-order valence-corrected chi connectivity index (χ2v) is 3.25. The third-order valence-electron chi connectivity index (χ3n) is 2.32. The van der Waals surface area contributed by atoms with Crippen molar-refractivity contribution in [1.29, 1.82) is 0 Å². The molecule has 2 rings (SSSR count). The highest BCUT2D eigenvalue weighted by molar-refractivity contribution is 5.65. The first-order valence-corrected chi connectivity index (χ1v) is 4.67. The average molecular weight is 208 g/mol. The molecule has 0 amide bonds. The fourth-order valence-electron chi connectivity index (χ4n) is 1.66. The van der Waals surface area contributed by atoms with Crippen molar-refractivity contribution in [2.24, 2.45) is 0 Å². The predicted octanol–water partition coefficient (Wildman–Crippen LogP) is 1.44. The van der Waals surface area contributed by atoms with Gasteiger partial charge in [0.15, 0.2) is 13.1 Å². The monoisotopic (exact) mass is 208 g/mol. The summed E-state index contributed by atoms with van der Waals surface area (Å²) in [5, 5.41) is 0. The fraction of sp³-hybridized carbons (Fsp3) is 0.364. The van der Waals surface area contributed by atoms with Crippen LogP contribution in [-0.2, 0) is 20.9 Å². The highest BCUT2D eigenvalue weighted by Crippen LogP contribution is 2.36. The van der Waals surface area contributed by atoms with Crippen molar-refractivity contribution < 1.29 is 19.0 Å². The first-order valence-electron chi connectivity index (χ1n) is 4.67. The third-order valence-corrected chi connectivity index (χ3v) is 2.32. The summed E-state index contributed by atoms with van der Waals surface area (Å²) in [6.07, 6.45) is 0.277. The van der Waals surface area contributed by atoms with Gasteiger partial charge in [0.05, 0.1) is 6.61 Å². The van der Waals surface area contributed by atoms with E-state index in [1.54, 1.807) is 7.11 Å². The molecular weight excluding hydrogens is 196 g/mol. The van der Waals surface area contributed by atoms with Gasteiger partial charge >= 0.3 is 0 Å². The lowest BCUT2D eigenvalue weighted by Gasteiger charge is -2.10. The van der Waals surface area contributed by atoms with Crippen LogP contribution in [0, 0.1) is 0 Å². The molecule has 1 aromatic rings. The number of aldehydes is 1. The quantitative estimate of drug-likeness (QED) is 0.554. The maximum Gasteiger partial charge on any atom is 0.188 e. The number of carbonyl (C=O) groups is 1. The van der Waals surface area contributed by atoms with E-state index in [0.717, 1.165) is 17.4 Å². The van der Waals surface area contributed by atoms with Gasteiger partial charge in [0, 0.05) is 12.7 Å². The molecule has 1 unspecified atom stereocenters. The van der Waals surface area contributed by atoms with Crippen molar-refractivity contribution in [1.82, 2.24) is 0 Å². The molecule has 0 saturated carbocycles. The summed E-state index contributed by atoms with van der Waals surface area (Å²) in [5.41, 5.74) is 1.82. The average Bonchev–Trinajstić information content (AvgIpc) is 2.69. The summed E-state index contributed by atoms with van der Waals surface area (Å²) < 4.78 is 15.5. The predicted molar refractivity (Wildman–Crippen MR) is 52.5 cm³/mol. The molecule has 0 saturated heterocycles. The second kappa shape index (κ2) is 4.42. The van der Waals surface area contributed by atoms with E-state index in [0.29, 0.717) is 12.4 Å². The Balaban J connectivity index is 2.31. The largest absolute Gasteiger partial charge is 0.467 e. The van der Waals surface area contributed by atoms with Crippen LogP contribution in [0.1, 0.15) is 17.2 Å². The number of ether oxygens (including phenoxy) is 3. The van der Waals surface area contributed by atoms with Crippen molar-refractivity contribution in [3.63, 3.8) is 0 Å². The minimum absolute atomic E-state index is 0.169. The Morgan fingerprint density at radius 1 is 1.60 bits per heavy atom. The zero-order valence-corrected chi connectivity index (χ0v) is 8.43. The second-order valence-electron chi connectivity index (χ2n) is 3.25. The first kappa shape index (κ1) is 10.1. The summed E-state index contributed by atoms with van der Waals surface area (Å²) in [6, 6.07) is 5.61. The zero-order valence-electron chi connectivity index (χ0n) is 8.43. The highest BCUT2D eigenvalue weighted by atomic mass is 16.7. The van der Waals surface area contributed by atoms with Crippen LogP contribution in [0.4, 0.5) is 0 Å². The first-order chi connectivity index (χ1) is 7.36. The number of methoxy groups -OCH3 is 1. The van der Waals surface area contributed by atoms with Gasteiger partial charge in [-0.15, -0.1) is 0 Å². The van der Waals surface area contributed by atoms with E-state index in [1.165, 1.54) is 0 Å². The molecule has 1 aliphatic heterocycles. The Bertz CT molecular complexity index is 362. The van der Waals surface area contributed by atoms with Gasteiger partial charge in [0.25, 0.3) is 0 Å². The normalized spacial score (nSPS) is 18.6. The van der Waals surface area contributed by atoms with Crippen LogP contribution < -0.4 is 4.74 Å². The molecule has 0 radical (unpaired) electrons. The van der Waals surface area contributed by atoms with Crippen LogP contribution in [0.5, 0.6) is 5.75 Å². The molecule has 1 aromatic carbocycles. The van der Waals surface area contributed by atoms with Gasteiger partial charge in [0.2, 0.25) is 0 Å². The molecule has 0 aromatic heterocycles. The molecule has 80 valence electrons. The Kier molecular flexibility index (Phi) is 2.99. The summed E-state index contributed by atoms with van der Waals surface area (Å²) in [4.78, 5) is 10.8. The van der Waals surface area contributed by atoms with Crippen molar-refractivity contribution in [2.45, 2.75) is 12.7 Å². The highest BCUT2D eigenvalue weighted by Gasteiger charge is 2.26. The maximum absolute atomic E-state index is 10.8. The summed E-state index contributed by atoms with van der Waals surface area (Å²) in [5.74, 6) is 0.656. The van der Waals surface area contributed by atoms with Crippen LogP contribution in [0.3, 0.4) is 0 Å². The minimum atomic E-state index is -0.506. The molecule has 1 aliphatic rings. The summed E-state index contributed by atoms with van der Waals surface area (Å²) in [6.45, 7) is 0.630. The van der Waals surface area contributed by atoms with Crippen LogP contribution >= 0.6 is 0 Å². The van der Waals surface area contributed by atoms with Crippen molar-refractivity contribution in [2.75, 3.05) is 13.9 Å². The van der Waals surface area contributed by atoms with Crippen molar-refractivity contribution in [3.8, 4) is 5.75 Å². The lowest BCUT2D eigenvalue weighted by Crippen LogP contribution is -2.04. The molecule has 15 heavy (non-hydrogen) atoms. The van der Waals surface area contributed by atoms with Gasteiger partial charge in [-0.25, -0.2) is 0 Å². The molecule has 0 aliphatic carbocycles. The molecular formula is C11H12O4. The van der Waals surface area contributed by atoms with E-state index in [4.69, 9.17) is 14.2 Å². The zero-order chi connectivity index (χ0) is 10.7. The Morgan fingerprint density at radius 2 is 2.47 bits per heavy atom. The fourth-order valence-corrected chi connectivity index (χ4v) is 1.66. The van der Waals surface area contributed by atoms with E-state index in [2.05, 4.69) is 0 Å². The minimum Gasteiger partial charge on any atom is -0.467 e. The molecule has 0 spiro atoms. The Morgan fingerprint density at radius 3 is 3.20 bits per heavy atom. The van der Waals surface area contributed by atoms with Gasteiger partial charge < -0.3 is 19.0 Å². The van der Waals surface area contributed by atoms with Gasteiger partial charge in [-0.05, 0) is 11.6 Å². The molecule has 0 fully saturated rings. The molecule has 0 N–H and O–H groups in total. The van der Waals surface area contributed by atoms with Gasteiger partial charge in [-0.1, -0.05) is 12.1 Å². The van der Waals surface area contributed by atoms with Crippen molar-refractivity contribution in [3.05, 3.63) is 29.3 Å². The number of carbonyl (C=O) groups excluding carboxylic acids is 1. The Labute approximate surface area is 87.8 Å². The topological polar surface area (TPSA) is 44.8 Å². The number of hydrogen-bond acceptors (Lipinski definition) is 4. The molecule has 1 heterocycles. The third kappa shape index (κ3) is 1.86.